The quantitative estimate of drug-likeness (QED) is 0.735. The first-order valence-corrected chi connectivity index (χ1v) is 10.4. The Bertz CT molecular complexity index is 906. The first-order chi connectivity index (χ1) is 13.8. The molecule has 2 unspecified atom stereocenters. The molecular weight excluding hydrogens is 368 g/mol. The Hall–Kier alpha value is -2.48. The van der Waals surface area contributed by atoms with Crippen LogP contribution in [-0.4, -0.2) is 57.0 Å². The van der Waals surface area contributed by atoms with Gasteiger partial charge in [0.1, 0.15) is 5.56 Å². The van der Waals surface area contributed by atoms with Crippen molar-refractivity contribution in [1.29, 1.82) is 0 Å². The van der Waals surface area contributed by atoms with Crippen molar-refractivity contribution < 1.29 is 9.59 Å². The molecule has 0 aromatic carbocycles. The number of nitrogens with zero attached hydrogens (tertiary/aromatic N) is 4. The third kappa shape index (κ3) is 4.75. The maximum Gasteiger partial charge on any atom is 0.254 e. The lowest BCUT2D eigenvalue weighted by molar-refractivity contribution is -0.121. The molecule has 0 bridgehead atoms. The van der Waals surface area contributed by atoms with Crippen molar-refractivity contribution in [1.82, 2.24) is 24.8 Å². The highest BCUT2D eigenvalue weighted by molar-refractivity contribution is 5.98. The number of likely N-dealkylation sites (tertiary alicyclic amines) is 1. The molecule has 2 aromatic heterocycles. The molecule has 0 aliphatic carbocycles. The van der Waals surface area contributed by atoms with Crippen LogP contribution in [0.4, 0.5) is 0 Å². The molecule has 3 N–H and O–H groups in total. The van der Waals surface area contributed by atoms with Crippen LogP contribution in [0.15, 0.2) is 6.20 Å². The molecule has 8 heteroatoms. The number of piperidine rings is 1. The van der Waals surface area contributed by atoms with Gasteiger partial charge in [0.05, 0.1) is 6.20 Å². The molecular formula is C21H32N6O2. The van der Waals surface area contributed by atoms with Crippen molar-refractivity contribution in [2.45, 2.75) is 59.4 Å². The van der Waals surface area contributed by atoms with Gasteiger partial charge in [0.2, 0.25) is 5.91 Å². The van der Waals surface area contributed by atoms with E-state index in [9.17, 15) is 9.59 Å². The number of nitrogens with two attached hydrogens (primary N) is 1. The molecule has 1 aliphatic heterocycles. The number of amides is 2. The fourth-order valence-electron chi connectivity index (χ4n) is 4.19. The summed E-state index contributed by atoms with van der Waals surface area (Å²) in [4.78, 5) is 30.9. The van der Waals surface area contributed by atoms with E-state index in [1.807, 2.05) is 13.8 Å². The van der Waals surface area contributed by atoms with Gasteiger partial charge in [-0.25, -0.2) is 9.50 Å². The molecule has 3 heterocycles. The molecule has 2 amide bonds. The van der Waals surface area contributed by atoms with Gasteiger partial charge in [-0.1, -0.05) is 6.92 Å². The third-order valence-electron chi connectivity index (χ3n) is 5.98. The number of fused-ring (bicyclic) bond motifs is 1. The highest BCUT2D eigenvalue weighted by Gasteiger charge is 2.21. The fraction of sp³-hybridized carbons (Fsp3) is 0.619. The molecule has 1 aliphatic rings. The zero-order valence-electron chi connectivity index (χ0n) is 17.9. The van der Waals surface area contributed by atoms with Gasteiger partial charge in [-0.15, -0.1) is 0 Å². The van der Waals surface area contributed by atoms with Gasteiger partial charge in [-0.05, 0) is 58.1 Å². The third-order valence-corrected chi connectivity index (χ3v) is 5.98. The van der Waals surface area contributed by atoms with E-state index in [0.717, 1.165) is 36.0 Å². The van der Waals surface area contributed by atoms with Crippen LogP contribution in [0.25, 0.3) is 5.65 Å². The summed E-state index contributed by atoms with van der Waals surface area (Å²) in [6, 6.07) is 0.347. The van der Waals surface area contributed by atoms with E-state index < -0.39 is 5.91 Å². The maximum atomic E-state index is 12.4. The van der Waals surface area contributed by atoms with Gasteiger partial charge in [-0.2, -0.15) is 5.10 Å². The zero-order chi connectivity index (χ0) is 21.1. The van der Waals surface area contributed by atoms with Crippen LogP contribution >= 0.6 is 0 Å². The predicted molar refractivity (Wildman–Crippen MR) is 112 cm³/mol. The Labute approximate surface area is 171 Å². The van der Waals surface area contributed by atoms with Gasteiger partial charge >= 0.3 is 0 Å². The van der Waals surface area contributed by atoms with Gasteiger partial charge in [0.15, 0.2) is 5.65 Å². The minimum Gasteiger partial charge on any atom is -0.365 e. The molecule has 8 nitrogen and oxygen atoms in total. The number of hydrogen-bond acceptors (Lipinski definition) is 5. The van der Waals surface area contributed by atoms with Gasteiger partial charge < -0.3 is 11.1 Å². The molecule has 2 aromatic rings. The minimum absolute atomic E-state index is 0.0408. The zero-order valence-corrected chi connectivity index (χ0v) is 17.9. The summed E-state index contributed by atoms with van der Waals surface area (Å²) in [5.74, 6) is 0.224. The topological polar surface area (TPSA) is 106 Å². The van der Waals surface area contributed by atoms with E-state index in [2.05, 4.69) is 34.1 Å². The first kappa shape index (κ1) is 21.2. The van der Waals surface area contributed by atoms with Crippen molar-refractivity contribution >= 4 is 17.5 Å². The highest BCUT2D eigenvalue weighted by Crippen LogP contribution is 2.19. The van der Waals surface area contributed by atoms with E-state index >= 15 is 0 Å². The van der Waals surface area contributed by atoms with Gasteiger partial charge in [0, 0.05) is 36.9 Å². The SMILES string of the molecule is Cc1nc2c(C(N)=O)cnn2c(C)c1CCC(=O)NCC(C)N1CCCC(C)C1. The van der Waals surface area contributed by atoms with Crippen LogP contribution in [-0.2, 0) is 11.2 Å². The minimum atomic E-state index is -0.546. The lowest BCUT2D eigenvalue weighted by Gasteiger charge is -2.35. The van der Waals surface area contributed by atoms with Crippen molar-refractivity contribution in [2.24, 2.45) is 11.7 Å². The second-order valence-corrected chi connectivity index (χ2v) is 8.31. The average molecular weight is 401 g/mol. The number of carbonyl (C=O) groups is 2. The van der Waals surface area contributed by atoms with Crippen LogP contribution in [0.1, 0.15) is 60.4 Å². The number of primary amides is 1. The molecule has 29 heavy (non-hydrogen) atoms. The van der Waals surface area contributed by atoms with E-state index in [0.29, 0.717) is 36.6 Å². The monoisotopic (exact) mass is 400 g/mol. The number of hydrogen-bond donors (Lipinski definition) is 2. The number of nitrogens with one attached hydrogen (secondary N) is 1. The predicted octanol–water partition coefficient (Wildman–Crippen LogP) is 1.61. The summed E-state index contributed by atoms with van der Waals surface area (Å²) in [7, 11) is 0. The Morgan fingerprint density at radius 2 is 2.14 bits per heavy atom. The molecule has 0 spiro atoms. The Morgan fingerprint density at radius 3 is 2.83 bits per heavy atom. The smallest absolute Gasteiger partial charge is 0.254 e. The highest BCUT2D eigenvalue weighted by atomic mass is 16.2. The fourth-order valence-corrected chi connectivity index (χ4v) is 4.19. The van der Waals surface area contributed by atoms with Crippen LogP contribution in [0.2, 0.25) is 0 Å². The summed E-state index contributed by atoms with van der Waals surface area (Å²) < 4.78 is 1.62. The second-order valence-electron chi connectivity index (χ2n) is 8.31. The summed E-state index contributed by atoms with van der Waals surface area (Å²) in [6.45, 7) is 11.2. The van der Waals surface area contributed by atoms with Crippen molar-refractivity contribution in [3.63, 3.8) is 0 Å². The largest absolute Gasteiger partial charge is 0.365 e. The molecule has 2 atom stereocenters. The van der Waals surface area contributed by atoms with Gasteiger partial charge in [0.25, 0.3) is 5.91 Å². The number of rotatable bonds is 7. The van der Waals surface area contributed by atoms with Crippen LogP contribution in [0.5, 0.6) is 0 Å². The average Bonchev–Trinajstić information content (AvgIpc) is 3.10. The van der Waals surface area contributed by atoms with E-state index in [4.69, 9.17) is 5.73 Å². The first-order valence-electron chi connectivity index (χ1n) is 10.4. The van der Waals surface area contributed by atoms with Crippen LogP contribution < -0.4 is 11.1 Å². The summed E-state index contributed by atoms with van der Waals surface area (Å²) >= 11 is 0. The molecule has 0 saturated carbocycles. The Morgan fingerprint density at radius 1 is 1.38 bits per heavy atom. The number of carbonyl (C=O) groups excluding carboxylic acids is 2. The summed E-state index contributed by atoms with van der Waals surface area (Å²) in [5, 5.41) is 7.31. The molecule has 1 fully saturated rings. The molecule has 158 valence electrons. The molecule has 3 rings (SSSR count). The molecule has 0 radical (unpaired) electrons. The van der Waals surface area contributed by atoms with Crippen LogP contribution in [0.3, 0.4) is 0 Å². The van der Waals surface area contributed by atoms with E-state index in [-0.39, 0.29) is 5.91 Å². The van der Waals surface area contributed by atoms with Crippen molar-refractivity contribution in [3.8, 4) is 0 Å². The Kier molecular flexibility index (Phi) is 6.52. The van der Waals surface area contributed by atoms with Crippen molar-refractivity contribution in [2.75, 3.05) is 19.6 Å². The maximum absolute atomic E-state index is 12.4. The lowest BCUT2D eigenvalue weighted by Crippen LogP contribution is -2.46. The lowest BCUT2D eigenvalue weighted by atomic mass is 9.99. The van der Waals surface area contributed by atoms with Gasteiger partial charge in [-0.3, -0.25) is 14.5 Å². The van der Waals surface area contributed by atoms with E-state index in [1.165, 1.54) is 19.0 Å². The normalized spacial score (nSPS) is 18.7. The van der Waals surface area contributed by atoms with Crippen molar-refractivity contribution in [3.05, 3.63) is 28.7 Å². The number of aryl methyl sites for hydroxylation is 2. The molecule has 1 saturated heterocycles. The van der Waals surface area contributed by atoms with E-state index in [1.54, 1.807) is 4.52 Å². The second kappa shape index (κ2) is 8.90. The summed E-state index contributed by atoms with van der Waals surface area (Å²) in [5.41, 5.74) is 8.81. The number of aromatic nitrogens is 3. The summed E-state index contributed by atoms with van der Waals surface area (Å²) in [6.07, 6.45) is 4.94. The standard InChI is InChI=1S/C21H32N6O2/c1-13-6-5-9-26(12-13)14(2)10-23-19(28)8-7-17-15(3)25-21-18(20(22)29)11-24-27(21)16(17)4/h11,13-14H,5-10,12H2,1-4H3,(H2,22,29)(H,23,28). The Balaban J connectivity index is 1.58. The van der Waals surface area contributed by atoms with Crippen LogP contribution in [0, 0.1) is 19.8 Å².